The predicted octanol–water partition coefficient (Wildman–Crippen LogP) is 3.03. The Bertz CT molecular complexity index is 890. The van der Waals surface area contributed by atoms with Gasteiger partial charge in [0.1, 0.15) is 5.82 Å². The lowest BCUT2D eigenvalue weighted by molar-refractivity contribution is 0.951. The second kappa shape index (κ2) is 5.99. The molecule has 1 N–H and O–H groups in total. The molecule has 0 amide bonds. The molecule has 2 heterocycles. The Hall–Kier alpha value is -2.66. The van der Waals surface area contributed by atoms with Crippen molar-refractivity contribution in [2.45, 2.75) is 0 Å². The molecule has 3 aromatic rings. The number of rotatable bonds is 4. The molecule has 0 saturated carbocycles. The average Bonchev–Trinajstić information content (AvgIpc) is 2.53. The molecule has 0 aliphatic rings. The van der Waals surface area contributed by atoms with Gasteiger partial charge in [-0.05, 0) is 30.3 Å². The summed E-state index contributed by atoms with van der Waals surface area (Å²) < 4.78 is 1.49. The van der Waals surface area contributed by atoms with Crippen LogP contribution in [0.4, 0.5) is 5.82 Å². The number of hydrogen-bond donors (Lipinski definition) is 1. The summed E-state index contributed by atoms with van der Waals surface area (Å²) in [5, 5.41) is 4.42. The molecule has 0 aliphatic carbocycles. The maximum absolute atomic E-state index is 12.4. The van der Waals surface area contributed by atoms with Gasteiger partial charge in [-0.25, -0.2) is 4.79 Å². The third-order valence-electron chi connectivity index (χ3n) is 3.17. The van der Waals surface area contributed by atoms with Crippen LogP contribution in [-0.2, 0) is 0 Å². The molecule has 0 saturated heterocycles. The number of aromatic nitrogens is 3. The zero-order valence-electron chi connectivity index (χ0n) is 11.7. The standard InChI is InChI=1S/C16H13ClN4O/c1-2-7-19-15-13-6-5-11(17)9-14(13)21(16(22)20-15)12-4-3-8-18-10-12/h2-6,8-10H,1,7H2,(H,19,20,22). The van der Waals surface area contributed by atoms with Gasteiger partial charge in [0.2, 0.25) is 0 Å². The Labute approximate surface area is 131 Å². The number of benzene rings is 1. The maximum Gasteiger partial charge on any atom is 0.354 e. The van der Waals surface area contributed by atoms with E-state index in [1.165, 1.54) is 4.57 Å². The number of hydrogen-bond acceptors (Lipinski definition) is 4. The monoisotopic (exact) mass is 312 g/mol. The van der Waals surface area contributed by atoms with Crippen molar-refractivity contribution in [1.29, 1.82) is 0 Å². The van der Waals surface area contributed by atoms with Crippen LogP contribution in [0.25, 0.3) is 16.6 Å². The number of anilines is 1. The fraction of sp³-hybridized carbons (Fsp3) is 0.0625. The van der Waals surface area contributed by atoms with Crippen molar-refractivity contribution in [1.82, 2.24) is 14.5 Å². The quantitative estimate of drug-likeness (QED) is 0.752. The van der Waals surface area contributed by atoms with Crippen molar-refractivity contribution in [3.8, 4) is 5.69 Å². The van der Waals surface area contributed by atoms with Crippen LogP contribution in [0.1, 0.15) is 0 Å². The summed E-state index contributed by atoms with van der Waals surface area (Å²) in [5.74, 6) is 0.511. The number of nitrogens with one attached hydrogen (secondary N) is 1. The van der Waals surface area contributed by atoms with Gasteiger partial charge in [-0.3, -0.25) is 9.55 Å². The Morgan fingerprint density at radius 2 is 2.23 bits per heavy atom. The highest BCUT2D eigenvalue weighted by Gasteiger charge is 2.12. The van der Waals surface area contributed by atoms with Gasteiger partial charge in [0, 0.05) is 23.2 Å². The van der Waals surface area contributed by atoms with E-state index in [2.05, 4.69) is 21.9 Å². The van der Waals surface area contributed by atoms with E-state index in [0.29, 0.717) is 28.6 Å². The first-order chi connectivity index (χ1) is 10.7. The molecule has 2 aromatic heterocycles. The highest BCUT2D eigenvalue weighted by molar-refractivity contribution is 6.31. The molecule has 22 heavy (non-hydrogen) atoms. The summed E-state index contributed by atoms with van der Waals surface area (Å²) in [6, 6.07) is 8.91. The normalized spacial score (nSPS) is 10.6. The van der Waals surface area contributed by atoms with Crippen LogP contribution in [0.15, 0.2) is 60.2 Å². The van der Waals surface area contributed by atoms with Crippen molar-refractivity contribution < 1.29 is 0 Å². The van der Waals surface area contributed by atoms with Crippen LogP contribution in [0.3, 0.4) is 0 Å². The van der Waals surface area contributed by atoms with E-state index < -0.39 is 5.69 Å². The first-order valence-corrected chi connectivity index (χ1v) is 7.06. The van der Waals surface area contributed by atoms with Gasteiger partial charge < -0.3 is 5.32 Å². The van der Waals surface area contributed by atoms with Gasteiger partial charge in [-0.1, -0.05) is 17.7 Å². The van der Waals surface area contributed by atoms with Gasteiger partial charge in [0.25, 0.3) is 0 Å². The maximum atomic E-state index is 12.4. The Morgan fingerprint density at radius 1 is 1.36 bits per heavy atom. The van der Waals surface area contributed by atoms with E-state index in [0.717, 1.165) is 5.39 Å². The lowest BCUT2D eigenvalue weighted by Crippen LogP contribution is -2.23. The van der Waals surface area contributed by atoms with Gasteiger partial charge in [0.05, 0.1) is 17.4 Å². The molecule has 0 spiro atoms. The molecule has 0 aliphatic heterocycles. The third kappa shape index (κ3) is 2.58. The van der Waals surface area contributed by atoms with Crippen LogP contribution in [0, 0.1) is 0 Å². The zero-order chi connectivity index (χ0) is 15.5. The van der Waals surface area contributed by atoms with E-state index in [1.54, 1.807) is 42.7 Å². The summed E-state index contributed by atoms with van der Waals surface area (Å²) in [6.07, 6.45) is 4.97. The summed E-state index contributed by atoms with van der Waals surface area (Å²) >= 11 is 6.10. The summed E-state index contributed by atoms with van der Waals surface area (Å²) in [6.45, 7) is 4.17. The Kier molecular flexibility index (Phi) is 3.89. The topological polar surface area (TPSA) is 59.8 Å². The van der Waals surface area contributed by atoms with Crippen LogP contribution >= 0.6 is 11.6 Å². The highest BCUT2D eigenvalue weighted by atomic mass is 35.5. The molecule has 0 bridgehead atoms. The Morgan fingerprint density at radius 3 is 2.95 bits per heavy atom. The lowest BCUT2D eigenvalue weighted by atomic mass is 10.2. The van der Waals surface area contributed by atoms with Crippen molar-refractivity contribution >= 4 is 28.3 Å². The van der Waals surface area contributed by atoms with E-state index in [1.807, 2.05) is 6.07 Å². The average molecular weight is 313 g/mol. The number of nitrogens with zero attached hydrogens (tertiary/aromatic N) is 3. The SMILES string of the molecule is C=CCNc1nc(=O)n(-c2cccnc2)c2cc(Cl)ccc12. The number of pyridine rings is 1. The van der Waals surface area contributed by atoms with Crippen LogP contribution in [0.2, 0.25) is 5.02 Å². The molecule has 6 heteroatoms. The van der Waals surface area contributed by atoms with Gasteiger partial charge >= 0.3 is 5.69 Å². The molecule has 0 atom stereocenters. The van der Waals surface area contributed by atoms with E-state index in [4.69, 9.17) is 11.6 Å². The van der Waals surface area contributed by atoms with E-state index >= 15 is 0 Å². The molecule has 1 aromatic carbocycles. The largest absolute Gasteiger partial charge is 0.366 e. The molecule has 0 fully saturated rings. The van der Waals surface area contributed by atoms with Crippen molar-refractivity contribution in [3.63, 3.8) is 0 Å². The summed E-state index contributed by atoms with van der Waals surface area (Å²) in [7, 11) is 0. The third-order valence-corrected chi connectivity index (χ3v) is 3.41. The summed E-state index contributed by atoms with van der Waals surface area (Å²) in [5.41, 5.74) is 0.920. The molecular formula is C16H13ClN4O. The minimum Gasteiger partial charge on any atom is -0.366 e. The number of halogens is 1. The minimum absolute atomic E-state index is 0.394. The molecule has 0 unspecified atom stereocenters. The summed E-state index contributed by atoms with van der Waals surface area (Å²) in [4.78, 5) is 20.6. The number of fused-ring (bicyclic) bond motifs is 1. The van der Waals surface area contributed by atoms with Crippen LogP contribution in [0.5, 0.6) is 0 Å². The molecule has 0 radical (unpaired) electrons. The van der Waals surface area contributed by atoms with E-state index in [9.17, 15) is 4.79 Å². The second-order valence-corrected chi connectivity index (χ2v) is 5.06. The second-order valence-electron chi connectivity index (χ2n) is 4.62. The molecule has 5 nitrogen and oxygen atoms in total. The van der Waals surface area contributed by atoms with Crippen molar-refractivity contribution in [2.75, 3.05) is 11.9 Å². The fourth-order valence-corrected chi connectivity index (χ4v) is 2.40. The zero-order valence-corrected chi connectivity index (χ0v) is 12.4. The fourth-order valence-electron chi connectivity index (χ4n) is 2.24. The van der Waals surface area contributed by atoms with Crippen LogP contribution < -0.4 is 11.0 Å². The van der Waals surface area contributed by atoms with Gasteiger partial charge in [-0.2, -0.15) is 4.98 Å². The molecule has 110 valence electrons. The van der Waals surface area contributed by atoms with Gasteiger partial charge in [-0.15, -0.1) is 6.58 Å². The van der Waals surface area contributed by atoms with Crippen molar-refractivity contribution in [2.24, 2.45) is 0 Å². The Balaban J connectivity index is 2.34. The smallest absolute Gasteiger partial charge is 0.354 e. The minimum atomic E-state index is -0.394. The lowest BCUT2D eigenvalue weighted by Gasteiger charge is -2.13. The predicted molar refractivity (Wildman–Crippen MR) is 88.8 cm³/mol. The van der Waals surface area contributed by atoms with Gasteiger partial charge in [0.15, 0.2) is 0 Å². The highest BCUT2D eigenvalue weighted by Crippen LogP contribution is 2.24. The molecular weight excluding hydrogens is 300 g/mol. The van der Waals surface area contributed by atoms with Crippen molar-refractivity contribution in [3.05, 3.63) is 70.9 Å². The first-order valence-electron chi connectivity index (χ1n) is 6.68. The van der Waals surface area contributed by atoms with E-state index in [-0.39, 0.29) is 0 Å². The molecule has 3 rings (SSSR count). The first kappa shape index (κ1) is 14.3. The van der Waals surface area contributed by atoms with Crippen LogP contribution in [-0.4, -0.2) is 21.1 Å².